The molecule has 132 valence electrons. The lowest BCUT2D eigenvalue weighted by Gasteiger charge is -2.15. The molecule has 1 aliphatic carbocycles. The SMILES string of the molecule is CCOc1cc(C2=CCCCC2)c(C(=O)OC)n1Cc1ccccc1. The molecule has 1 heterocycles. The molecule has 0 N–H and O–H groups in total. The second-order valence-corrected chi connectivity index (χ2v) is 6.22. The van der Waals surface area contributed by atoms with E-state index in [2.05, 4.69) is 18.2 Å². The van der Waals surface area contributed by atoms with E-state index in [0.29, 0.717) is 24.7 Å². The van der Waals surface area contributed by atoms with Gasteiger partial charge in [-0.15, -0.1) is 0 Å². The molecule has 0 saturated carbocycles. The van der Waals surface area contributed by atoms with Crippen molar-refractivity contribution >= 4 is 11.5 Å². The molecule has 0 spiro atoms. The molecular formula is C21H25NO3. The van der Waals surface area contributed by atoms with E-state index in [1.807, 2.05) is 35.8 Å². The van der Waals surface area contributed by atoms with Gasteiger partial charge in [0.25, 0.3) is 0 Å². The van der Waals surface area contributed by atoms with E-state index in [4.69, 9.17) is 9.47 Å². The number of esters is 1. The molecule has 0 aliphatic heterocycles. The van der Waals surface area contributed by atoms with E-state index in [1.54, 1.807) is 0 Å². The minimum Gasteiger partial charge on any atom is -0.479 e. The molecule has 1 aromatic carbocycles. The predicted octanol–water partition coefficient (Wildman–Crippen LogP) is 4.68. The monoisotopic (exact) mass is 339 g/mol. The van der Waals surface area contributed by atoms with Crippen LogP contribution >= 0.6 is 0 Å². The molecule has 0 fully saturated rings. The van der Waals surface area contributed by atoms with Crippen LogP contribution in [0.4, 0.5) is 0 Å². The first-order valence-electron chi connectivity index (χ1n) is 8.92. The van der Waals surface area contributed by atoms with Gasteiger partial charge in [0.15, 0.2) is 5.88 Å². The van der Waals surface area contributed by atoms with E-state index in [-0.39, 0.29) is 5.97 Å². The lowest BCUT2D eigenvalue weighted by Crippen LogP contribution is -2.15. The number of nitrogens with zero attached hydrogens (tertiary/aromatic N) is 1. The number of hydrogen-bond acceptors (Lipinski definition) is 3. The molecule has 2 aromatic rings. The Kier molecular flexibility index (Phi) is 5.59. The molecule has 4 nitrogen and oxygen atoms in total. The Morgan fingerprint density at radius 3 is 2.64 bits per heavy atom. The molecule has 0 amide bonds. The van der Waals surface area contributed by atoms with Crippen molar-refractivity contribution in [3.63, 3.8) is 0 Å². The summed E-state index contributed by atoms with van der Waals surface area (Å²) in [5.41, 5.74) is 3.88. The second-order valence-electron chi connectivity index (χ2n) is 6.22. The van der Waals surface area contributed by atoms with Crippen molar-refractivity contribution in [2.75, 3.05) is 13.7 Å². The largest absolute Gasteiger partial charge is 0.479 e. The first-order chi connectivity index (χ1) is 12.2. The van der Waals surface area contributed by atoms with Crippen LogP contribution in [0.5, 0.6) is 5.88 Å². The molecule has 1 aromatic heterocycles. The van der Waals surface area contributed by atoms with Gasteiger partial charge in [0.05, 0.1) is 20.3 Å². The highest BCUT2D eigenvalue weighted by molar-refractivity contribution is 5.95. The number of carbonyl (C=O) groups is 1. The molecule has 0 radical (unpaired) electrons. The minimum absolute atomic E-state index is 0.316. The number of methoxy groups -OCH3 is 1. The number of benzene rings is 1. The van der Waals surface area contributed by atoms with Crippen molar-refractivity contribution in [1.82, 2.24) is 4.57 Å². The van der Waals surface area contributed by atoms with Gasteiger partial charge >= 0.3 is 5.97 Å². The summed E-state index contributed by atoms with van der Waals surface area (Å²) in [6.07, 6.45) is 6.66. The normalized spacial score (nSPS) is 14.1. The standard InChI is InChI=1S/C21H25NO3/c1-3-25-19-14-18(17-12-8-5-9-13-17)20(21(23)24-2)22(19)15-16-10-6-4-7-11-16/h4,6-7,10-12,14H,3,5,8-9,13,15H2,1-2H3. The minimum atomic E-state index is -0.316. The Labute approximate surface area is 149 Å². The Hall–Kier alpha value is -2.49. The van der Waals surface area contributed by atoms with Crippen LogP contribution in [0, 0.1) is 0 Å². The molecule has 4 heteroatoms. The van der Waals surface area contributed by atoms with E-state index < -0.39 is 0 Å². The van der Waals surface area contributed by atoms with Crippen molar-refractivity contribution in [3.8, 4) is 5.88 Å². The predicted molar refractivity (Wildman–Crippen MR) is 98.9 cm³/mol. The van der Waals surface area contributed by atoms with E-state index in [1.165, 1.54) is 19.1 Å². The van der Waals surface area contributed by atoms with Gasteiger partial charge in [-0.25, -0.2) is 4.79 Å². The zero-order chi connectivity index (χ0) is 17.6. The van der Waals surface area contributed by atoms with Gasteiger partial charge in [-0.3, -0.25) is 0 Å². The summed E-state index contributed by atoms with van der Waals surface area (Å²) in [5.74, 6) is 0.400. The van der Waals surface area contributed by atoms with Crippen LogP contribution in [0.1, 0.15) is 54.2 Å². The Balaban J connectivity index is 2.10. The van der Waals surface area contributed by atoms with Crippen LogP contribution in [0.25, 0.3) is 5.57 Å². The van der Waals surface area contributed by atoms with Crippen molar-refractivity contribution in [3.05, 3.63) is 59.3 Å². The molecule has 0 bridgehead atoms. The highest BCUT2D eigenvalue weighted by Gasteiger charge is 2.25. The number of ether oxygens (including phenoxy) is 2. The smallest absolute Gasteiger partial charge is 0.355 e. The van der Waals surface area contributed by atoms with E-state index in [9.17, 15) is 4.79 Å². The number of rotatable bonds is 6. The average Bonchev–Trinajstić information content (AvgIpc) is 3.01. The topological polar surface area (TPSA) is 40.5 Å². The fraction of sp³-hybridized carbons (Fsp3) is 0.381. The Morgan fingerprint density at radius 2 is 2.00 bits per heavy atom. The van der Waals surface area contributed by atoms with Gasteiger partial charge in [-0.1, -0.05) is 36.4 Å². The first kappa shape index (κ1) is 17.3. The average molecular weight is 339 g/mol. The summed E-state index contributed by atoms with van der Waals surface area (Å²) < 4.78 is 12.9. The van der Waals surface area contributed by atoms with Crippen LogP contribution in [0.2, 0.25) is 0 Å². The quantitative estimate of drug-likeness (QED) is 0.718. The summed E-state index contributed by atoms with van der Waals surface area (Å²) in [4.78, 5) is 12.6. The van der Waals surface area contributed by atoms with Gasteiger partial charge < -0.3 is 14.0 Å². The van der Waals surface area contributed by atoms with Gasteiger partial charge in [0.2, 0.25) is 0 Å². The van der Waals surface area contributed by atoms with Gasteiger partial charge in [-0.2, -0.15) is 0 Å². The Bertz CT molecular complexity index is 759. The van der Waals surface area contributed by atoms with E-state index >= 15 is 0 Å². The number of hydrogen-bond donors (Lipinski definition) is 0. The maximum absolute atomic E-state index is 12.6. The van der Waals surface area contributed by atoms with Crippen LogP contribution in [0.15, 0.2) is 42.5 Å². The van der Waals surface area contributed by atoms with Crippen molar-refractivity contribution < 1.29 is 14.3 Å². The third kappa shape index (κ3) is 3.78. The van der Waals surface area contributed by atoms with Gasteiger partial charge in [-0.05, 0) is 43.7 Å². The molecule has 3 rings (SSSR count). The van der Waals surface area contributed by atoms with Crippen molar-refractivity contribution in [2.45, 2.75) is 39.2 Å². The highest BCUT2D eigenvalue weighted by Crippen LogP contribution is 2.35. The molecular weight excluding hydrogens is 314 g/mol. The fourth-order valence-corrected chi connectivity index (χ4v) is 3.36. The van der Waals surface area contributed by atoms with Crippen molar-refractivity contribution in [1.29, 1.82) is 0 Å². The molecule has 0 saturated heterocycles. The molecule has 1 aliphatic rings. The molecule has 0 atom stereocenters. The number of carbonyl (C=O) groups excluding carboxylic acids is 1. The van der Waals surface area contributed by atoms with Gasteiger partial charge in [0.1, 0.15) is 5.69 Å². The lowest BCUT2D eigenvalue weighted by molar-refractivity contribution is 0.0587. The lowest BCUT2D eigenvalue weighted by atomic mass is 9.93. The summed E-state index contributed by atoms with van der Waals surface area (Å²) in [6, 6.07) is 12.1. The number of allylic oxidation sites excluding steroid dienone is 2. The molecule has 0 unspecified atom stereocenters. The number of aromatic nitrogens is 1. The fourth-order valence-electron chi connectivity index (χ4n) is 3.36. The zero-order valence-electron chi connectivity index (χ0n) is 15.0. The van der Waals surface area contributed by atoms with E-state index in [0.717, 1.165) is 30.4 Å². The summed E-state index contributed by atoms with van der Waals surface area (Å²) >= 11 is 0. The van der Waals surface area contributed by atoms with Crippen molar-refractivity contribution in [2.24, 2.45) is 0 Å². The summed E-state index contributed by atoms with van der Waals surface area (Å²) in [6.45, 7) is 3.09. The van der Waals surface area contributed by atoms with Crippen LogP contribution in [0.3, 0.4) is 0 Å². The molecule has 25 heavy (non-hydrogen) atoms. The first-order valence-corrected chi connectivity index (χ1v) is 8.92. The highest BCUT2D eigenvalue weighted by atomic mass is 16.5. The zero-order valence-corrected chi connectivity index (χ0v) is 15.0. The Morgan fingerprint density at radius 1 is 1.20 bits per heavy atom. The third-order valence-corrected chi connectivity index (χ3v) is 4.55. The maximum atomic E-state index is 12.6. The maximum Gasteiger partial charge on any atom is 0.355 e. The van der Waals surface area contributed by atoms with Crippen LogP contribution in [-0.2, 0) is 11.3 Å². The summed E-state index contributed by atoms with van der Waals surface area (Å²) in [7, 11) is 1.43. The third-order valence-electron chi connectivity index (χ3n) is 4.55. The summed E-state index contributed by atoms with van der Waals surface area (Å²) in [5, 5.41) is 0. The van der Waals surface area contributed by atoms with Crippen LogP contribution < -0.4 is 4.74 Å². The van der Waals surface area contributed by atoms with Gasteiger partial charge in [0, 0.05) is 11.6 Å². The van der Waals surface area contributed by atoms with Crippen LogP contribution in [-0.4, -0.2) is 24.3 Å². The second kappa shape index (κ2) is 8.06.